The summed E-state index contributed by atoms with van der Waals surface area (Å²) in [4.78, 5) is 4.28. The summed E-state index contributed by atoms with van der Waals surface area (Å²) >= 11 is 6.22. The van der Waals surface area contributed by atoms with E-state index in [0.717, 1.165) is 36.5 Å². The van der Waals surface area contributed by atoms with Crippen molar-refractivity contribution in [2.24, 2.45) is 0 Å². The minimum atomic E-state index is 0.569. The molecule has 1 aromatic heterocycles. The average molecular weight is 291 g/mol. The van der Waals surface area contributed by atoms with Gasteiger partial charge in [0.1, 0.15) is 5.75 Å². The quantitative estimate of drug-likeness (QED) is 0.848. The van der Waals surface area contributed by atoms with Crippen molar-refractivity contribution in [2.45, 2.75) is 19.9 Å². The van der Waals surface area contributed by atoms with Crippen LogP contribution in [0.25, 0.3) is 0 Å². The van der Waals surface area contributed by atoms with Crippen LogP contribution >= 0.6 is 11.6 Å². The Morgan fingerprint density at radius 1 is 1.20 bits per heavy atom. The molecule has 0 aliphatic carbocycles. The Kier molecular flexibility index (Phi) is 5.84. The standard InChI is InChI=1S/C16H19ClN2O/c1-2-18-12-13-6-5-8-15(17)16(13)20-11-9-14-7-3-4-10-19-14/h3-8,10,18H,2,9,11-12H2,1H3. The Labute approximate surface area is 124 Å². The molecule has 4 heteroatoms. The molecule has 0 bridgehead atoms. The number of benzene rings is 1. The summed E-state index contributed by atoms with van der Waals surface area (Å²) in [6.45, 7) is 4.32. The number of hydrogen-bond acceptors (Lipinski definition) is 3. The number of aromatic nitrogens is 1. The molecule has 20 heavy (non-hydrogen) atoms. The van der Waals surface area contributed by atoms with E-state index in [2.05, 4.69) is 17.2 Å². The molecule has 1 N–H and O–H groups in total. The van der Waals surface area contributed by atoms with E-state index in [1.165, 1.54) is 0 Å². The average Bonchev–Trinajstić information content (AvgIpc) is 2.48. The normalized spacial score (nSPS) is 10.5. The van der Waals surface area contributed by atoms with Crippen molar-refractivity contribution in [3.63, 3.8) is 0 Å². The fourth-order valence-electron chi connectivity index (χ4n) is 1.92. The third-order valence-corrected chi connectivity index (χ3v) is 3.24. The van der Waals surface area contributed by atoms with E-state index in [1.54, 1.807) is 6.20 Å². The zero-order valence-corrected chi connectivity index (χ0v) is 12.4. The lowest BCUT2D eigenvalue weighted by atomic mass is 10.2. The first-order valence-corrected chi connectivity index (χ1v) is 7.20. The molecule has 0 amide bonds. The van der Waals surface area contributed by atoms with Crippen LogP contribution in [0.2, 0.25) is 5.02 Å². The zero-order valence-electron chi connectivity index (χ0n) is 11.6. The van der Waals surface area contributed by atoms with Crippen LogP contribution in [0.3, 0.4) is 0 Å². The maximum absolute atomic E-state index is 6.22. The van der Waals surface area contributed by atoms with Crippen molar-refractivity contribution >= 4 is 11.6 Å². The van der Waals surface area contributed by atoms with Crippen LogP contribution in [-0.4, -0.2) is 18.1 Å². The van der Waals surface area contributed by atoms with Crippen molar-refractivity contribution < 1.29 is 4.74 Å². The summed E-state index contributed by atoms with van der Waals surface area (Å²) in [5, 5.41) is 3.94. The van der Waals surface area contributed by atoms with Crippen LogP contribution < -0.4 is 10.1 Å². The number of pyridine rings is 1. The molecule has 1 heterocycles. The zero-order chi connectivity index (χ0) is 14.2. The first-order chi connectivity index (χ1) is 9.81. The topological polar surface area (TPSA) is 34.1 Å². The van der Waals surface area contributed by atoms with Crippen molar-refractivity contribution in [2.75, 3.05) is 13.2 Å². The molecule has 1 aromatic carbocycles. The number of halogens is 1. The Hall–Kier alpha value is -1.58. The highest BCUT2D eigenvalue weighted by Gasteiger charge is 2.08. The predicted octanol–water partition coefficient (Wildman–Crippen LogP) is 3.47. The van der Waals surface area contributed by atoms with E-state index in [0.29, 0.717) is 11.6 Å². The van der Waals surface area contributed by atoms with E-state index in [1.807, 2.05) is 36.4 Å². The molecule has 2 aromatic rings. The fourth-order valence-corrected chi connectivity index (χ4v) is 2.17. The lowest BCUT2D eigenvalue weighted by molar-refractivity contribution is 0.316. The molecule has 0 saturated carbocycles. The van der Waals surface area contributed by atoms with Crippen molar-refractivity contribution in [1.82, 2.24) is 10.3 Å². The maximum Gasteiger partial charge on any atom is 0.142 e. The van der Waals surface area contributed by atoms with Crippen LogP contribution in [0.5, 0.6) is 5.75 Å². The summed E-state index contributed by atoms with van der Waals surface area (Å²) in [7, 11) is 0. The highest BCUT2D eigenvalue weighted by molar-refractivity contribution is 6.32. The summed E-state index contributed by atoms with van der Waals surface area (Å²) in [6, 6.07) is 11.7. The van der Waals surface area contributed by atoms with Crippen molar-refractivity contribution in [3.05, 3.63) is 58.9 Å². The smallest absolute Gasteiger partial charge is 0.142 e. The van der Waals surface area contributed by atoms with Gasteiger partial charge in [0, 0.05) is 30.4 Å². The van der Waals surface area contributed by atoms with E-state index in [9.17, 15) is 0 Å². The second-order valence-electron chi connectivity index (χ2n) is 4.43. The lowest BCUT2D eigenvalue weighted by Gasteiger charge is -2.13. The number of nitrogens with zero attached hydrogens (tertiary/aromatic N) is 1. The molecular weight excluding hydrogens is 272 g/mol. The van der Waals surface area contributed by atoms with Crippen LogP contribution in [0.4, 0.5) is 0 Å². The van der Waals surface area contributed by atoms with Gasteiger partial charge in [0.05, 0.1) is 11.6 Å². The van der Waals surface area contributed by atoms with Gasteiger partial charge in [-0.1, -0.05) is 36.7 Å². The molecule has 2 rings (SSSR count). The second kappa shape index (κ2) is 7.88. The number of nitrogens with one attached hydrogen (secondary N) is 1. The number of ether oxygens (including phenoxy) is 1. The Morgan fingerprint density at radius 2 is 2.10 bits per heavy atom. The first-order valence-electron chi connectivity index (χ1n) is 6.82. The summed E-state index contributed by atoms with van der Waals surface area (Å²) in [5.74, 6) is 0.769. The Balaban J connectivity index is 1.97. The third-order valence-electron chi connectivity index (χ3n) is 2.94. The van der Waals surface area contributed by atoms with Gasteiger partial charge in [-0.15, -0.1) is 0 Å². The Bertz CT molecular complexity index is 531. The molecule has 0 aliphatic heterocycles. The van der Waals surface area contributed by atoms with E-state index >= 15 is 0 Å². The van der Waals surface area contributed by atoms with Gasteiger partial charge in [-0.3, -0.25) is 4.98 Å². The highest BCUT2D eigenvalue weighted by Crippen LogP contribution is 2.28. The number of para-hydroxylation sites is 1. The van der Waals surface area contributed by atoms with Crippen LogP contribution in [0, 0.1) is 0 Å². The predicted molar refractivity (Wildman–Crippen MR) is 82.3 cm³/mol. The molecule has 106 valence electrons. The lowest BCUT2D eigenvalue weighted by Crippen LogP contribution is -2.13. The Morgan fingerprint density at radius 3 is 2.85 bits per heavy atom. The molecule has 0 spiro atoms. The number of hydrogen-bond donors (Lipinski definition) is 1. The van der Waals surface area contributed by atoms with E-state index < -0.39 is 0 Å². The van der Waals surface area contributed by atoms with Crippen molar-refractivity contribution in [1.29, 1.82) is 0 Å². The molecule has 0 radical (unpaired) electrons. The van der Waals surface area contributed by atoms with Gasteiger partial charge < -0.3 is 10.1 Å². The van der Waals surface area contributed by atoms with E-state index in [-0.39, 0.29) is 0 Å². The van der Waals surface area contributed by atoms with Gasteiger partial charge >= 0.3 is 0 Å². The first kappa shape index (κ1) is 14.8. The van der Waals surface area contributed by atoms with Crippen LogP contribution in [-0.2, 0) is 13.0 Å². The van der Waals surface area contributed by atoms with E-state index in [4.69, 9.17) is 16.3 Å². The summed E-state index contributed by atoms with van der Waals surface area (Å²) in [6.07, 6.45) is 2.56. The van der Waals surface area contributed by atoms with Gasteiger partial charge in [0.15, 0.2) is 0 Å². The largest absolute Gasteiger partial charge is 0.491 e. The van der Waals surface area contributed by atoms with Crippen LogP contribution in [0.15, 0.2) is 42.6 Å². The SMILES string of the molecule is CCNCc1cccc(Cl)c1OCCc1ccccn1. The molecule has 0 saturated heterocycles. The van der Waals surface area contributed by atoms with Gasteiger partial charge in [-0.05, 0) is 24.7 Å². The van der Waals surface area contributed by atoms with Crippen molar-refractivity contribution in [3.8, 4) is 5.75 Å². The maximum atomic E-state index is 6.22. The van der Waals surface area contributed by atoms with Crippen LogP contribution in [0.1, 0.15) is 18.2 Å². The van der Waals surface area contributed by atoms with Gasteiger partial charge in [0.25, 0.3) is 0 Å². The third kappa shape index (κ3) is 4.22. The van der Waals surface area contributed by atoms with Gasteiger partial charge in [0.2, 0.25) is 0 Å². The summed E-state index contributed by atoms with van der Waals surface area (Å²) in [5.41, 5.74) is 2.10. The second-order valence-corrected chi connectivity index (χ2v) is 4.84. The van der Waals surface area contributed by atoms with Gasteiger partial charge in [-0.25, -0.2) is 0 Å². The molecule has 0 unspecified atom stereocenters. The molecule has 3 nitrogen and oxygen atoms in total. The minimum Gasteiger partial charge on any atom is -0.491 e. The minimum absolute atomic E-state index is 0.569. The molecule has 0 atom stereocenters. The number of rotatable bonds is 7. The molecule has 0 aliphatic rings. The highest BCUT2D eigenvalue weighted by atomic mass is 35.5. The van der Waals surface area contributed by atoms with Gasteiger partial charge in [-0.2, -0.15) is 0 Å². The fraction of sp³-hybridized carbons (Fsp3) is 0.312. The molecule has 0 fully saturated rings. The molecular formula is C16H19ClN2O. The summed E-state index contributed by atoms with van der Waals surface area (Å²) < 4.78 is 5.86. The monoisotopic (exact) mass is 290 g/mol.